The number of esters is 1. The molecule has 2 aromatic carbocycles. The van der Waals surface area contributed by atoms with Crippen LogP contribution in [0, 0.1) is 0 Å². The van der Waals surface area contributed by atoms with Crippen LogP contribution in [0.1, 0.15) is 18.1 Å². The highest BCUT2D eigenvalue weighted by Gasteiger charge is 2.36. The van der Waals surface area contributed by atoms with Crippen molar-refractivity contribution in [3.63, 3.8) is 0 Å². The predicted octanol–water partition coefficient (Wildman–Crippen LogP) is 2.27. The minimum atomic E-state index is -0.820. The lowest BCUT2D eigenvalue weighted by Crippen LogP contribution is -2.61. The molecule has 0 unspecified atom stereocenters. The number of carbonyl (C=O) groups is 2. The Labute approximate surface area is 171 Å². The molecule has 7 heteroatoms. The van der Waals surface area contributed by atoms with E-state index in [-0.39, 0.29) is 32.6 Å². The average Bonchev–Trinajstić information content (AvgIpc) is 2.73. The first-order chi connectivity index (χ1) is 14.1. The minimum absolute atomic E-state index is 0.102. The van der Waals surface area contributed by atoms with Crippen LogP contribution in [-0.2, 0) is 22.6 Å². The maximum Gasteiger partial charge on any atom is 0.325 e. The van der Waals surface area contributed by atoms with E-state index in [9.17, 15) is 14.7 Å². The Kier molecular flexibility index (Phi) is 7.21. The average molecular weight is 397 g/mol. The summed E-state index contributed by atoms with van der Waals surface area (Å²) < 4.78 is 5.12. The van der Waals surface area contributed by atoms with E-state index in [1.54, 1.807) is 21.6 Å². The fraction of sp³-hybridized carbons (Fsp3) is 0.364. The number of hydrogen-bond acceptors (Lipinski definition) is 5. The molecule has 1 aliphatic heterocycles. The smallest absolute Gasteiger partial charge is 0.325 e. The van der Waals surface area contributed by atoms with Gasteiger partial charge in [-0.2, -0.15) is 0 Å². The molecule has 1 N–H and O–H groups in total. The van der Waals surface area contributed by atoms with Crippen LogP contribution in [0.3, 0.4) is 0 Å². The first kappa shape index (κ1) is 20.8. The molecule has 1 fully saturated rings. The third-order valence-corrected chi connectivity index (χ3v) is 4.85. The third-order valence-electron chi connectivity index (χ3n) is 4.85. The number of nitrogens with zero attached hydrogens (tertiary/aromatic N) is 3. The van der Waals surface area contributed by atoms with Gasteiger partial charge in [-0.15, -0.1) is 0 Å². The van der Waals surface area contributed by atoms with Crippen LogP contribution in [0.15, 0.2) is 60.7 Å². The molecular formula is C22H27N3O4. The molecule has 2 aromatic rings. The second-order valence-electron chi connectivity index (χ2n) is 6.97. The van der Waals surface area contributed by atoms with Crippen LogP contribution in [0.25, 0.3) is 0 Å². The summed E-state index contributed by atoms with van der Waals surface area (Å²) in [6.07, 6.45) is 0. The molecule has 1 atom stereocenters. The summed E-state index contributed by atoms with van der Waals surface area (Å²) in [5.74, 6) is -0.483. The maximum atomic E-state index is 13.1. The normalized spacial score (nSPS) is 16.0. The molecule has 1 saturated heterocycles. The standard InChI is InChI=1S/C22H27N3O4/c1-2-29-21(27)20(15-26)25-16-23(13-18-9-5-3-6-10-18)22(28)24(17-25)14-19-11-7-4-8-12-19/h3-12,20,26H,2,13-17H2,1H3/t20-/m0/s1. The monoisotopic (exact) mass is 397 g/mol. The molecule has 154 valence electrons. The van der Waals surface area contributed by atoms with Crippen LogP contribution in [0.5, 0.6) is 0 Å². The fourth-order valence-electron chi connectivity index (χ4n) is 3.42. The van der Waals surface area contributed by atoms with Gasteiger partial charge in [0.2, 0.25) is 0 Å². The van der Waals surface area contributed by atoms with Crippen LogP contribution < -0.4 is 0 Å². The highest BCUT2D eigenvalue weighted by molar-refractivity contribution is 5.78. The number of ether oxygens (including phenoxy) is 1. The summed E-state index contributed by atoms with van der Waals surface area (Å²) in [7, 11) is 0. The molecule has 0 aromatic heterocycles. The number of aliphatic hydroxyl groups is 1. The molecule has 0 saturated carbocycles. The van der Waals surface area contributed by atoms with E-state index < -0.39 is 12.0 Å². The zero-order valence-electron chi connectivity index (χ0n) is 16.6. The molecule has 0 aliphatic carbocycles. The summed E-state index contributed by atoms with van der Waals surface area (Å²) >= 11 is 0. The van der Waals surface area contributed by atoms with Gasteiger partial charge in [-0.3, -0.25) is 9.69 Å². The Hall–Kier alpha value is -2.90. The van der Waals surface area contributed by atoms with E-state index in [2.05, 4.69) is 0 Å². The van der Waals surface area contributed by atoms with E-state index in [0.717, 1.165) is 11.1 Å². The van der Waals surface area contributed by atoms with Crippen molar-refractivity contribution < 1.29 is 19.4 Å². The fourth-order valence-corrected chi connectivity index (χ4v) is 3.42. The molecule has 0 spiro atoms. The highest BCUT2D eigenvalue weighted by Crippen LogP contribution is 2.19. The van der Waals surface area contributed by atoms with Gasteiger partial charge in [0.15, 0.2) is 0 Å². The van der Waals surface area contributed by atoms with Crippen molar-refractivity contribution in [1.82, 2.24) is 14.7 Å². The van der Waals surface area contributed by atoms with Crippen molar-refractivity contribution in [2.24, 2.45) is 0 Å². The van der Waals surface area contributed by atoms with Crippen molar-refractivity contribution in [1.29, 1.82) is 0 Å². The van der Waals surface area contributed by atoms with Gasteiger partial charge in [-0.05, 0) is 18.1 Å². The van der Waals surface area contributed by atoms with Crippen LogP contribution in [-0.4, -0.2) is 64.4 Å². The van der Waals surface area contributed by atoms with Crippen LogP contribution in [0.4, 0.5) is 4.79 Å². The largest absolute Gasteiger partial charge is 0.465 e. The maximum absolute atomic E-state index is 13.1. The lowest BCUT2D eigenvalue weighted by atomic mass is 10.2. The van der Waals surface area contributed by atoms with Crippen molar-refractivity contribution in [2.45, 2.75) is 26.1 Å². The van der Waals surface area contributed by atoms with Crippen molar-refractivity contribution in [3.8, 4) is 0 Å². The summed E-state index contributed by atoms with van der Waals surface area (Å²) in [5.41, 5.74) is 2.00. The summed E-state index contributed by atoms with van der Waals surface area (Å²) in [5, 5.41) is 9.83. The Balaban J connectivity index is 1.82. The van der Waals surface area contributed by atoms with Crippen molar-refractivity contribution in [3.05, 3.63) is 71.8 Å². The van der Waals surface area contributed by atoms with E-state index in [4.69, 9.17) is 4.74 Å². The second kappa shape index (κ2) is 10.0. The first-order valence-electron chi connectivity index (χ1n) is 9.75. The van der Waals surface area contributed by atoms with Crippen molar-refractivity contribution in [2.75, 3.05) is 26.6 Å². The predicted molar refractivity (Wildman–Crippen MR) is 108 cm³/mol. The first-order valence-corrected chi connectivity index (χ1v) is 9.75. The molecule has 2 amide bonds. The Morgan fingerprint density at radius 3 is 1.86 bits per heavy atom. The Bertz CT molecular complexity index is 747. The molecule has 0 bridgehead atoms. The second-order valence-corrected chi connectivity index (χ2v) is 6.97. The van der Waals surface area contributed by atoms with Gasteiger partial charge in [-0.1, -0.05) is 60.7 Å². The lowest BCUT2D eigenvalue weighted by Gasteiger charge is -2.44. The number of benzene rings is 2. The van der Waals surface area contributed by atoms with Crippen molar-refractivity contribution >= 4 is 12.0 Å². The van der Waals surface area contributed by atoms with Crippen LogP contribution in [0.2, 0.25) is 0 Å². The number of rotatable bonds is 8. The van der Waals surface area contributed by atoms with Gasteiger partial charge in [-0.25, -0.2) is 4.79 Å². The van der Waals surface area contributed by atoms with Gasteiger partial charge in [0.05, 0.1) is 26.6 Å². The van der Waals surface area contributed by atoms with E-state index >= 15 is 0 Å². The molecule has 29 heavy (non-hydrogen) atoms. The summed E-state index contributed by atoms with van der Waals surface area (Å²) in [6.45, 7) is 2.92. The molecule has 0 radical (unpaired) electrons. The Morgan fingerprint density at radius 1 is 0.966 bits per heavy atom. The summed E-state index contributed by atoms with van der Waals surface area (Å²) in [4.78, 5) is 30.6. The zero-order chi connectivity index (χ0) is 20.6. The summed E-state index contributed by atoms with van der Waals surface area (Å²) in [6, 6.07) is 18.5. The number of amides is 2. The zero-order valence-corrected chi connectivity index (χ0v) is 16.6. The van der Waals surface area contributed by atoms with E-state index in [0.29, 0.717) is 13.1 Å². The number of aliphatic hydroxyl groups excluding tert-OH is 1. The minimum Gasteiger partial charge on any atom is -0.465 e. The van der Waals surface area contributed by atoms with Crippen LogP contribution >= 0.6 is 0 Å². The van der Waals surface area contributed by atoms with Gasteiger partial charge in [0.1, 0.15) is 6.04 Å². The third kappa shape index (κ3) is 5.34. The van der Waals surface area contributed by atoms with Gasteiger partial charge in [0, 0.05) is 13.1 Å². The van der Waals surface area contributed by atoms with Gasteiger partial charge < -0.3 is 19.6 Å². The molecule has 1 aliphatic rings. The number of carbonyl (C=O) groups excluding carboxylic acids is 2. The topological polar surface area (TPSA) is 73.3 Å². The highest BCUT2D eigenvalue weighted by atomic mass is 16.5. The SMILES string of the molecule is CCOC(=O)[C@H](CO)N1CN(Cc2ccccc2)C(=O)N(Cc2ccccc2)C1. The lowest BCUT2D eigenvalue weighted by molar-refractivity contribution is -0.154. The quantitative estimate of drug-likeness (QED) is 0.692. The van der Waals surface area contributed by atoms with E-state index in [1.807, 2.05) is 60.7 Å². The molecule has 7 nitrogen and oxygen atoms in total. The Morgan fingerprint density at radius 2 is 1.45 bits per heavy atom. The van der Waals surface area contributed by atoms with E-state index in [1.165, 1.54) is 0 Å². The van der Waals surface area contributed by atoms with Gasteiger partial charge in [0.25, 0.3) is 0 Å². The van der Waals surface area contributed by atoms with Gasteiger partial charge >= 0.3 is 12.0 Å². The molecule has 1 heterocycles. The number of urea groups is 1. The molecular weight excluding hydrogens is 370 g/mol. The molecule has 3 rings (SSSR count). The number of hydrogen-bond donors (Lipinski definition) is 1.